The van der Waals surface area contributed by atoms with Crippen LogP contribution in [0.15, 0.2) is 0 Å². The van der Waals surface area contributed by atoms with Crippen LogP contribution in [0.5, 0.6) is 0 Å². The molecule has 0 amide bonds. The lowest BCUT2D eigenvalue weighted by molar-refractivity contribution is 0.00905. The van der Waals surface area contributed by atoms with Gasteiger partial charge >= 0.3 is 0 Å². The molecule has 1 atom stereocenters. The lowest BCUT2D eigenvalue weighted by Crippen LogP contribution is -2.49. The molecule has 0 unspecified atom stereocenters. The van der Waals surface area contributed by atoms with E-state index in [0.29, 0.717) is 6.10 Å². The van der Waals surface area contributed by atoms with Crippen molar-refractivity contribution in [1.82, 2.24) is 10.2 Å². The van der Waals surface area contributed by atoms with Crippen molar-refractivity contribution in [3.8, 4) is 0 Å². The molecular weight excluding hydrogens is 176 g/mol. The van der Waals surface area contributed by atoms with Gasteiger partial charge in [0.15, 0.2) is 0 Å². The van der Waals surface area contributed by atoms with Gasteiger partial charge in [-0.25, -0.2) is 0 Å². The summed E-state index contributed by atoms with van der Waals surface area (Å²) in [5.74, 6) is 0. The molecule has 0 spiro atoms. The van der Waals surface area contributed by atoms with Gasteiger partial charge in [-0.3, -0.25) is 4.90 Å². The molecule has 3 nitrogen and oxygen atoms in total. The summed E-state index contributed by atoms with van der Waals surface area (Å²) in [6.45, 7) is 4.82. The minimum atomic E-state index is 0.485. The zero-order valence-corrected chi connectivity index (χ0v) is 9.17. The van der Waals surface area contributed by atoms with Gasteiger partial charge in [0.1, 0.15) is 0 Å². The number of likely N-dealkylation sites (tertiary alicyclic amines) is 1. The fraction of sp³-hybridized carbons (Fsp3) is 1.00. The molecule has 1 N–H and O–H groups in total. The second-order valence-electron chi connectivity index (χ2n) is 4.48. The fourth-order valence-electron chi connectivity index (χ4n) is 2.66. The fourth-order valence-corrected chi connectivity index (χ4v) is 2.66. The first kappa shape index (κ1) is 10.4. The molecule has 0 radical (unpaired) electrons. The summed E-state index contributed by atoms with van der Waals surface area (Å²) >= 11 is 0. The predicted octanol–water partition coefficient (Wildman–Crippen LogP) is 0.849. The minimum absolute atomic E-state index is 0.485. The van der Waals surface area contributed by atoms with E-state index in [1.807, 2.05) is 7.11 Å². The number of ether oxygens (including phenoxy) is 1. The summed E-state index contributed by atoms with van der Waals surface area (Å²) in [4.78, 5) is 2.64. The number of hydrogen-bond donors (Lipinski definition) is 1. The molecule has 2 heterocycles. The van der Waals surface area contributed by atoms with Gasteiger partial charge in [-0.1, -0.05) is 0 Å². The summed E-state index contributed by atoms with van der Waals surface area (Å²) in [6, 6.07) is 0.814. The third kappa shape index (κ3) is 2.47. The van der Waals surface area contributed by atoms with Crippen LogP contribution in [0.3, 0.4) is 0 Å². The maximum atomic E-state index is 5.45. The first-order chi connectivity index (χ1) is 6.90. The van der Waals surface area contributed by atoms with Crippen LogP contribution in [0.2, 0.25) is 0 Å². The Labute approximate surface area is 86.8 Å². The maximum Gasteiger partial charge on any atom is 0.0698 e. The topological polar surface area (TPSA) is 24.5 Å². The van der Waals surface area contributed by atoms with Gasteiger partial charge < -0.3 is 10.1 Å². The number of nitrogens with one attached hydrogen (secondary N) is 1. The van der Waals surface area contributed by atoms with Crippen LogP contribution >= 0.6 is 0 Å². The Morgan fingerprint density at radius 2 is 2.00 bits per heavy atom. The van der Waals surface area contributed by atoms with Gasteiger partial charge in [-0.2, -0.15) is 0 Å². The van der Waals surface area contributed by atoms with Crippen molar-refractivity contribution < 1.29 is 4.74 Å². The summed E-state index contributed by atoms with van der Waals surface area (Å²) in [5, 5.41) is 3.42. The quantitative estimate of drug-likeness (QED) is 0.712. The maximum absolute atomic E-state index is 5.45. The molecule has 0 aromatic rings. The number of rotatable bonds is 2. The van der Waals surface area contributed by atoms with Crippen molar-refractivity contribution in [3.05, 3.63) is 0 Å². The van der Waals surface area contributed by atoms with Gasteiger partial charge in [0.2, 0.25) is 0 Å². The van der Waals surface area contributed by atoms with Gasteiger partial charge in [0, 0.05) is 19.7 Å². The summed E-state index contributed by atoms with van der Waals surface area (Å²) in [5.41, 5.74) is 0. The number of methoxy groups -OCH3 is 1. The normalized spacial score (nSPS) is 31.9. The van der Waals surface area contributed by atoms with E-state index in [1.165, 1.54) is 45.3 Å². The largest absolute Gasteiger partial charge is 0.380 e. The van der Waals surface area contributed by atoms with Gasteiger partial charge in [0.05, 0.1) is 6.10 Å². The molecule has 82 valence electrons. The summed E-state index contributed by atoms with van der Waals surface area (Å²) < 4.78 is 5.45. The molecule has 2 fully saturated rings. The van der Waals surface area contributed by atoms with Crippen LogP contribution in [-0.2, 0) is 4.74 Å². The van der Waals surface area contributed by atoms with E-state index in [1.54, 1.807) is 0 Å². The zero-order chi connectivity index (χ0) is 9.80. The van der Waals surface area contributed by atoms with E-state index in [2.05, 4.69) is 10.2 Å². The molecule has 0 saturated carbocycles. The van der Waals surface area contributed by atoms with Gasteiger partial charge in [-0.05, 0) is 45.3 Å². The smallest absolute Gasteiger partial charge is 0.0698 e. The third-order valence-corrected chi connectivity index (χ3v) is 3.57. The first-order valence-corrected chi connectivity index (χ1v) is 5.87. The molecule has 0 bridgehead atoms. The highest BCUT2D eigenvalue weighted by Gasteiger charge is 2.26. The van der Waals surface area contributed by atoms with Crippen molar-refractivity contribution >= 4 is 0 Å². The highest BCUT2D eigenvalue weighted by atomic mass is 16.5. The van der Waals surface area contributed by atoms with Crippen molar-refractivity contribution in [2.45, 2.75) is 37.8 Å². The standard InChI is InChI=1S/C11H22N2O/c1-14-11-3-2-8-13(9-11)10-4-6-12-7-5-10/h10-12H,2-9H2,1H3/t11-/m1/s1. The van der Waals surface area contributed by atoms with Crippen LogP contribution in [0.25, 0.3) is 0 Å². The van der Waals surface area contributed by atoms with Crippen molar-refractivity contribution in [2.24, 2.45) is 0 Å². The molecule has 2 aliphatic rings. The Morgan fingerprint density at radius 1 is 1.21 bits per heavy atom. The second-order valence-corrected chi connectivity index (χ2v) is 4.48. The monoisotopic (exact) mass is 198 g/mol. The van der Waals surface area contributed by atoms with Crippen LogP contribution in [0, 0.1) is 0 Å². The zero-order valence-electron chi connectivity index (χ0n) is 9.17. The summed E-state index contributed by atoms with van der Waals surface area (Å²) in [7, 11) is 1.84. The van der Waals surface area contributed by atoms with E-state index < -0.39 is 0 Å². The van der Waals surface area contributed by atoms with Gasteiger partial charge in [0.25, 0.3) is 0 Å². The molecular formula is C11H22N2O. The molecule has 0 aromatic heterocycles. The molecule has 14 heavy (non-hydrogen) atoms. The van der Waals surface area contributed by atoms with Crippen molar-refractivity contribution in [2.75, 3.05) is 33.3 Å². The SMILES string of the molecule is CO[C@@H]1CCCN(C2CCNCC2)C1. The lowest BCUT2D eigenvalue weighted by atomic mass is 10.00. The molecule has 2 saturated heterocycles. The number of hydrogen-bond acceptors (Lipinski definition) is 3. The second kappa shape index (κ2) is 5.10. The average Bonchev–Trinajstić information content (AvgIpc) is 2.30. The van der Waals surface area contributed by atoms with Crippen molar-refractivity contribution in [1.29, 1.82) is 0 Å². The number of piperidine rings is 2. The molecule has 2 aliphatic heterocycles. The van der Waals surface area contributed by atoms with Crippen molar-refractivity contribution in [3.63, 3.8) is 0 Å². The van der Waals surface area contributed by atoms with Crippen LogP contribution in [0.1, 0.15) is 25.7 Å². The minimum Gasteiger partial charge on any atom is -0.380 e. The number of nitrogens with zero attached hydrogens (tertiary/aromatic N) is 1. The molecule has 0 aromatic carbocycles. The van der Waals surface area contributed by atoms with E-state index in [-0.39, 0.29) is 0 Å². The first-order valence-electron chi connectivity index (χ1n) is 5.87. The average molecular weight is 198 g/mol. The highest BCUT2D eigenvalue weighted by molar-refractivity contribution is 4.82. The van der Waals surface area contributed by atoms with Gasteiger partial charge in [-0.15, -0.1) is 0 Å². The van der Waals surface area contributed by atoms with E-state index in [4.69, 9.17) is 4.74 Å². The Balaban J connectivity index is 1.83. The van der Waals surface area contributed by atoms with E-state index in [0.717, 1.165) is 12.6 Å². The molecule has 0 aliphatic carbocycles. The Kier molecular flexibility index (Phi) is 3.79. The Morgan fingerprint density at radius 3 is 2.71 bits per heavy atom. The van der Waals surface area contributed by atoms with Crippen LogP contribution in [-0.4, -0.2) is 50.3 Å². The Hall–Kier alpha value is -0.120. The third-order valence-electron chi connectivity index (χ3n) is 3.57. The van der Waals surface area contributed by atoms with Crippen LogP contribution in [0.4, 0.5) is 0 Å². The molecule has 3 heteroatoms. The summed E-state index contributed by atoms with van der Waals surface area (Å²) in [6.07, 6.45) is 5.67. The van der Waals surface area contributed by atoms with E-state index >= 15 is 0 Å². The molecule has 2 rings (SSSR count). The Bertz CT molecular complexity index is 169. The van der Waals surface area contributed by atoms with E-state index in [9.17, 15) is 0 Å². The van der Waals surface area contributed by atoms with Crippen LogP contribution < -0.4 is 5.32 Å². The highest BCUT2D eigenvalue weighted by Crippen LogP contribution is 2.19. The predicted molar refractivity (Wildman–Crippen MR) is 57.5 cm³/mol. The lowest BCUT2D eigenvalue weighted by Gasteiger charge is -2.39.